The average Bonchev–Trinajstić information content (AvgIpc) is 2.88. The highest BCUT2D eigenvalue weighted by atomic mass is 31.1. The monoisotopic (exact) mass is 454 g/mol. The van der Waals surface area contributed by atoms with Crippen LogP contribution in [0.3, 0.4) is 0 Å². The maximum Gasteiger partial charge on any atom is 0.0282 e. The van der Waals surface area contributed by atoms with E-state index in [9.17, 15) is 0 Å². The Morgan fingerprint density at radius 2 is 0.562 bits per heavy atom. The van der Waals surface area contributed by atoms with Crippen LogP contribution in [0.1, 0.15) is 0 Å². The van der Waals surface area contributed by atoms with Crippen molar-refractivity contribution in [2.24, 2.45) is 0 Å². The molecule has 0 N–H and O–H groups in total. The topological polar surface area (TPSA) is 6.48 Å². The molecule has 5 rings (SSSR count). The van der Waals surface area contributed by atoms with E-state index in [0.29, 0.717) is 0 Å². The van der Waals surface area contributed by atoms with Gasteiger partial charge in [-0.25, -0.2) is 0 Å². The molecule has 0 amide bonds. The first-order valence-electron chi connectivity index (χ1n) is 11.2. The van der Waals surface area contributed by atoms with Crippen molar-refractivity contribution in [2.45, 2.75) is 0 Å². The molecule has 1 fully saturated rings. The average molecular weight is 454 g/mol. The molecule has 0 aromatic heterocycles. The highest BCUT2D eigenvalue weighted by Crippen LogP contribution is 2.43. The lowest BCUT2D eigenvalue weighted by Crippen LogP contribution is -2.46. The molecule has 160 valence electrons. The molecule has 1 saturated heterocycles. The van der Waals surface area contributed by atoms with E-state index in [1.165, 1.54) is 21.2 Å². The Hall–Kier alpha value is -2.34. The highest BCUT2D eigenvalue weighted by molar-refractivity contribution is 7.71. The van der Waals surface area contributed by atoms with Crippen LogP contribution < -0.4 is 21.2 Å². The summed E-state index contributed by atoms with van der Waals surface area (Å²) in [5, 5.41) is 5.76. The zero-order valence-corrected chi connectivity index (χ0v) is 20.0. The van der Waals surface area contributed by atoms with Crippen LogP contribution in [-0.4, -0.2) is 35.5 Å². The van der Waals surface area contributed by atoms with Gasteiger partial charge in [0.15, 0.2) is 0 Å². The van der Waals surface area contributed by atoms with Gasteiger partial charge in [0.25, 0.3) is 0 Å². The van der Waals surface area contributed by atoms with Crippen molar-refractivity contribution in [3.63, 3.8) is 0 Å². The van der Waals surface area contributed by atoms with E-state index in [4.69, 9.17) is 0 Å². The molecule has 0 radical (unpaired) electrons. The molecular weight excluding hydrogens is 426 g/mol. The molecule has 0 atom stereocenters. The lowest BCUT2D eigenvalue weighted by Gasteiger charge is -2.42. The third kappa shape index (κ3) is 4.85. The summed E-state index contributed by atoms with van der Waals surface area (Å²) in [6.07, 6.45) is 0. The van der Waals surface area contributed by atoms with Crippen molar-refractivity contribution < 1.29 is 0 Å². The van der Waals surface area contributed by atoms with Gasteiger partial charge in [0.1, 0.15) is 0 Å². The van der Waals surface area contributed by atoms with Crippen LogP contribution in [0.15, 0.2) is 121 Å². The van der Waals surface area contributed by atoms with Crippen molar-refractivity contribution >= 4 is 37.4 Å². The summed E-state index contributed by atoms with van der Waals surface area (Å²) < 4.78 is 5.44. The maximum absolute atomic E-state index is 2.72. The van der Waals surface area contributed by atoms with Gasteiger partial charge >= 0.3 is 0 Å². The Kier molecular flexibility index (Phi) is 7.07. The number of rotatable bonds is 6. The second-order valence-corrected chi connectivity index (χ2v) is 12.3. The molecule has 4 heteroatoms. The minimum absolute atomic E-state index is 0.502. The van der Waals surface area contributed by atoms with Crippen LogP contribution in [0.4, 0.5) is 0 Å². The van der Waals surface area contributed by atoms with E-state index in [2.05, 4.69) is 131 Å². The Labute approximate surface area is 194 Å². The van der Waals surface area contributed by atoms with Gasteiger partial charge in [-0.3, -0.25) is 9.34 Å². The van der Waals surface area contributed by atoms with Crippen LogP contribution in [0, 0.1) is 0 Å². The van der Waals surface area contributed by atoms with E-state index in [1.807, 2.05) is 0 Å². The van der Waals surface area contributed by atoms with E-state index < -0.39 is 16.1 Å². The summed E-state index contributed by atoms with van der Waals surface area (Å²) in [5.41, 5.74) is 0. The van der Waals surface area contributed by atoms with Gasteiger partial charge in [-0.05, 0) is 21.2 Å². The molecular formula is C28H28N2P2. The molecule has 0 bridgehead atoms. The first-order valence-corrected chi connectivity index (χ1v) is 13.8. The number of piperazine rings is 1. The summed E-state index contributed by atoms with van der Waals surface area (Å²) in [4.78, 5) is 0. The fourth-order valence-electron chi connectivity index (χ4n) is 4.31. The minimum atomic E-state index is -0.502. The molecule has 4 aromatic rings. The Bertz CT molecular complexity index is 913. The normalized spacial score (nSPS) is 15.3. The minimum Gasteiger partial charge on any atom is -0.272 e. The van der Waals surface area contributed by atoms with Gasteiger partial charge < -0.3 is 0 Å². The number of nitrogens with zero attached hydrogens (tertiary/aromatic N) is 2. The van der Waals surface area contributed by atoms with E-state index >= 15 is 0 Å². The Morgan fingerprint density at radius 1 is 0.344 bits per heavy atom. The van der Waals surface area contributed by atoms with Crippen molar-refractivity contribution in [3.8, 4) is 0 Å². The fraction of sp³-hybridized carbons (Fsp3) is 0.143. The SMILES string of the molecule is c1ccc(P(c2ccccc2)N2CCN(P(c3ccccc3)c3ccccc3)CC2)cc1. The smallest absolute Gasteiger partial charge is 0.0282 e. The molecule has 0 saturated carbocycles. The van der Waals surface area contributed by atoms with Gasteiger partial charge in [-0.2, -0.15) is 0 Å². The van der Waals surface area contributed by atoms with Crippen LogP contribution in [-0.2, 0) is 0 Å². The van der Waals surface area contributed by atoms with Gasteiger partial charge in [0.2, 0.25) is 0 Å². The quantitative estimate of drug-likeness (QED) is 0.390. The number of hydrogen-bond donors (Lipinski definition) is 0. The van der Waals surface area contributed by atoms with Crippen molar-refractivity contribution in [1.29, 1.82) is 0 Å². The Morgan fingerprint density at radius 3 is 0.781 bits per heavy atom. The largest absolute Gasteiger partial charge is 0.272 e. The van der Waals surface area contributed by atoms with Gasteiger partial charge in [0, 0.05) is 42.3 Å². The molecule has 0 spiro atoms. The molecule has 32 heavy (non-hydrogen) atoms. The first-order chi connectivity index (χ1) is 15.9. The number of hydrogen-bond acceptors (Lipinski definition) is 2. The molecule has 1 heterocycles. The molecule has 2 nitrogen and oxygen atoms in total. The third-order valence-electron chi connectivity index (χ3n) is 5.80. The standard InChI is InChI=1S/C28H28N2P2/c1-5-13-25(14-6-1)31(26-15-7-2-8-16-26)29-21-23-30(24-22-29)32(27-17-9-3-10-18-27)28-19-11-4-12-20-28/h1-20H,21-24H2. The molecule has 1 aliphatic rings. The van der Waals surface area contributed by atoms with E-state index in [1.54, 1.807) is 0 Å². The molecule has 1 aliphatic heterocycles. The molecule has 4 aromatic carbocycles. The van der Waals surface area contributed by atoms with Crippen LogP contribution in [0.2, 0.25) is 0 Å². The van der Waals surface area contributed by atoms with Crippen LogP contribution in [0.25, 0.3) is 0 Å². The Balaban J connectivity index is 1.40. The summed E-state index contributed by atoms with van der Waals surface area (Å²) in [6.45, 7) is 4.37. The first kappa shape index (κ1) is 21.5. The van der Waals surface area contributed by atoms with Gasteiger partial charge in [-0.1, -0.05) is 121 Å². The lowest BCUT2D eigenvalue weighted by atomic mass is 10.4. The lowest BCUT2D eigenvalue weighted by molar-refractivity contribution is 0.299. The van der Waals surface area contributed by atoms with Crippen molar-refractivity contribution in [1.82, 2.24) is 9.34 Å². The third-order valence-corrected chi connectivity index (χ3v) is 10.9. The molecule has 0 unspecified atom stereocenters. The van der Waals surface area contributed by atoms with Crippen molar-refractivity contribution in [3.05, 3.63) is 121 Å². The zero-order chi connectivity index (χ0) is 21.6. The van der Waals surface area contributed by atoms with Crippen LogP contribution in [0.5, 0.6) is 0 Å². The summed E-state index contributed by atoms with van der Waals surface area (Å²) in [6, 6.07) is 44.2. The van der Waals surface area contributed by atoms with Crippen molar-refractivity contribution in [2.75, 3.05) is 26.2 Å². The zero-order valence-electron chi connectivity index (χ0n) is 18.2. The summed E-state index contributed by atoms with van der Waals surface area (Å²) >= 11 is 0. The van der Waals surface area contributed by atoms with E-state index in [0.717, 1.165) is 26.2 Å². The predicted octanol–water partition coefficient (Wildman–Crippen LogP) is 4.70. The van der Waals surface area contributed by atoms with E-state index in [-0.39, 0.29) is 0 Å². The fourth-order valence-corrected chi connectivity index (χ4v) is 9.19. The summed E-state index contributed by atoms with van der Waals surface area (Å²) in [5.74, 6) is 0. The molecule has 0 aliphatic carbocycles. The predicted molar refractivity (Wildman–Crippen MR) is 141 cm³/mol. The number of benzene rings is 4. The highest BCUT2D eigenvalue weighted by Gasteiger charge is 2.30. The maximum atomic E-state index is 2.72. The summed E-state index contributed by atoms with van der Waals surface area (Å²) in [7, 11) is -1.00. The second kappa shape index (κ2) is 10.5. The van der Waals surface area contributed by atoms with Gasteiger partial charge in [-0.15, -0.1) is 0 Å². The van der Waals surface area contributed by atoms with Crippen LogP contribution >= 0.6 is 16.1 Å². The van der Waals surface area contributed by atoms with Gasteiger partial charge in [0.05, 0.1) is 0 Å². The second-order valence-electron chi connectivity index (χ2n) is 7.87.